The molecule has 2 unspecified atom stereocenters. The van der Waals surface area contributed by atoms with Gasteiger partial charge >= 0.3 is 5.97 Å². The summed E-state index contributed by atoms with van der Waals surface area (Å²) in [7, 11) is 0. The minimum atomic E-state index is -0.935. The summed E-state index contributed by atoms with van der Waals surface area (Å²) in [5.41, 5.74) is 0.176. The highest BCUT2D eigenvalue weighted by molar-refractivity contribution is 5.84. The van der Waals surface area contributed by atoms with Crippen LogP contribution in [0.4, 0.5) is 0 Å². The lowest BCUT2D eigenvalue weighted by Gasteiger charge is -1.95. The fraction of sp³-hybridized carbons (Fsp3) is 0.700. The molecule has 0 bridgehead atoms. The molecule has 0 amide bonds. The monoisotopic (exact) mass is 216 g/mol. The minimum Gasteiger partial charge on any atom is -0.478 e. The highest BCUT2D eigenvalue weighted by Gasteiger charge is 2.26. The Balaban J connectivity index is 0.000000167. The Kier molecular flexibility index (Phi) is 4.74. The Bertz CT molecular complexity index is 206. The molecule has 0 saturated carbocycles. The van der Waals surface area contributed by atoms with E-state index in [9.17, 15) is 4.79 Å². The highest BCUT2D eigenvalue weighted by atomic mass is 16.6. The van der Waals surface area contributed by atoms with Crippen molar-refractivity contribution in [3.8, 4) is 0 Å². The van der Waals surface area contributed by atoms with Gasteiger partial charge in [0.15, 0.2) is 0 Å². The normalized spacial score (nSPS) is 26.2. The van der Waals surface area contributed by atoms with Gasteiger partial charge < -0.3 is 19.3 Å². The van der Waals surface area contributed by atoms with Crippen LogP contribution in [-0.2, 0) is 19.0 Å². The number of epoxide rings is 2. The number of rotatable bonds is 5. The van der Waals surface area contributed by atoms with Crippen molar-refractivity contribution in [2.75, 3.05) is 26.4 Å². The molecule has 15 heavy (non-hydrogen) atoms. The molecule has 2 atom stereocenters. The van der Waals surface area contributed by atoms with E-state index >= 15 is 0 Å². The van der Waals surface area contributed by atoms with E-state index in [1.165, 1.54) is 6.92 Å². The summed E-state index contributed by atoms with van der Waals surface area (Å²) in [5, 5.41) is 7.89. The fourth-order valence-corrected chi connectivity index (χ4v) is 0.659. The maximum atomic E-state index is 9.60. The van der Waals surface area contributed by atoms with E-state index in [2.05, 4.69) is 6.58 Å². The zero-order valence-electron chi connectivity index (χ0n) is 8.77. The zero-order chi connectivity index (χ0) is 11.3. The predicted molar refractivity (Wildman–Crippen MR) is 52.7 cm³/mol. The summed E-state index contributed by atoms with van der Waals surface area (Å²) < 4.78 is 15.1. The van der Waals surface area contributed by atoms with Gasteiger partial charge in [-0.05, 0) is 6.92 Å². The maximum absolute atomic E-state index is 9.60. The van der Waals surface area contributed by atoms with Gasteiger partial charge in [0.25, 0.3) is 0 Å². The van der Waals surface area contributed by atoms with Gasteiger partial charge in [-0.2, -0.15) is 0 Å². The van der Waals surface area contributed by atoms with Crippen molar-refractivity contribution in [3.05, 3.63) is 12.2 Å². The number of ether oxygens (including phenoxy) is 3. The summed E-state index contributed by atoms with van der Waals surface area (Å²) >= 11 is 0. The Morgan fingerprint density at radius 2 is 1.73 bits per heavy atom. The van der Waals surface area contributed by atoms with Gasteiger partial charge in [0, 0.05) is 5.57 Å². The summed E-state index contributed by atoms with van der Waals surface area (Å²) in [5.74, 6) is -0.935. The third-order valence-corrected chi connectivity index (χ3v) is 1.78. The first-order chi connectivity index (χ1) is 7.09. The van der Waals surface area contributed by atoms with E-state index in [1.54, 1.807) is 0 Å². The van der Waals surface area contributed by atoms with Gasteiger partial charge in [-0.1, -0.05) is 6.58 Å². The summed E-state index contributed by atoms with van der Waals surface area (Å²) in [4.78, 5) is 9.60. The van der Waals surface area contributed by atoms with Crippen molar-refractivity contribution >= 4 is 5.97 Å². The molecule has 0 spiro atoms. The van der Waals surface area contributed by atoms with Crippen LogP contribution >= 0.6 is 0 Å². The van der Waals surface area contributed by atoms with Crippen molar-refractivity contribution in [1.29, 1.82) is 0 Å². The van der Waals surface area contributed by atoms with Crippen molar-refractivity contribution < 1.29 is 24.1 Å². The number of carboxylic acids is 1. The second kappa shape index (κ2) is 5.85. The van der Waals surface area contributed by atoms with E-state index in [4.69, 9.17) is 19.3 Å². The molecule has 1 N–H and O–H groups in total. The number of aliphatic carboxylic acids is 1. The number of hydrogen-bond donors (Lipinski definition) is 1. The van der Waals surface area contributed by atoms with Crippen LogP contribution in [0.1, 0.15) is 6.92 Å². The standard InChI is InChI=1S/C6H10O3.C4H6O2/c1(5-3-8-5)7-2-6-4-9-6;1-3(2)4(5)6/h5-6H,1-4H2;1H2,2H3,(H,5,6). The van der Waals surface area contributed by atoms with Gasteiger partial charge in [-0.3, -0.25) is 0 Å². The molecule has 0 aromatic rings. The smallest absolute Gasteiger partial charge is 0.330 e. The van der Waals surface area contributed by atoms with Crippen molar-refractivity contribution in [2.24, 2.45) is 0 Å². The average molecular weight is 216 g/mol. The first-order valence-corrected chi connectivity index (χ1v) is 4.79. The Morgan fingerprint density at radius 1 is 1.40 bits per heavy atom. The maximum Gasteiger partial charge on any atom is 0.330 e. The molecule has 2 rings (SSSR count). The van der Waals surface area contributed by atoms with Crippen LogP contribution in [-0.4, -0.2) is 49.7 Å². The Labute approximate surface area is 88.6 Å². The molecule has 5 nitrogen and oxygen atoms in total. The molecule has 2 saturated heterocycles. The van der Waals surface area contributed by atoms with Crippen LogP contribution in [0, 0.1) is 0 Å². The zero-order valence-corrected chi connectivity index (χ0v) is 8.77. The largest absolute Gasteiger partial charge is 0.478 e. The first kappa shape index (κ1) is 12.2. The molecule has 2 aliphatic rings. The quantitative estimate of drug-likeness (QED) is 0.533. The van der Waals surface area contributed by atoms with Crippen LogP contribution < -0.4 is 0 Å². The summed E-state index contributed by atoms with van der Waals surface area (Å²) in [6, 6.07) is 0. The molecular formula is C10H16O5. The highest BCUT2D eigenvalue weighted by Crippen LogP contribution is 2.12. The number of hydrogen-bond acceptors (Lipinski definition) is 4. The average Bonchev–Trinajstić information content (AvgIpc) is 2.99. The molecule has 2 aliphatic heterocycles. The van der Waals surface area contributed by atoms with Crippen LogP contribution in [0.2, 0.25) is 0 Å². The van der Waals surface area contributed by atoms with E-state index in [0.717, 1.165) is 26.4 Å². The van der Waals surface area contributed by atoms with Crippen LogP contribution in [0.5, 0.6) is 0 Å². The lowest BCUT2D eigenvalue weighted by molar-refractivity contribution is -0.132. The van der Waals surface area contributed by atoms with E-state index in [1.807, 2.05) is 0 Å². The molecule has 5 heteroatoms. The van der Waals surface area contributed by atoms with Gasteiger partial charge in [-0.15, -0.1) is 0 Å². The van der Waals surface area contributed by atoms with Gasteiger partial charge in [0.05, 0.1) is 26.4 Å². The van der Waals surface area contributed by atoms with E-state index in [0.29, 0.717) is 12.2 Å². The van der Waals surface area contributed by atoms with Crippen molar-refractivity contribution in [2.45, 2.75) is 19.1 Å². The third-order valence-electron chi connectivity index (χ3n) is 1.78. The van der Waals surface area contributed by atoms with Gasteiger partial charge in [0.1, 0.15) is 12.2 Å². The van der Waals surface area contributed by atoms with E-state index < -0.39 is 5.97 Å². The lowest BCUT2D eigenvalue weighted by Crippen LogP contribution is -2.06. The van der Waals surface area contributed by atoms with Gasteiger partial charge in [0.2, 0.25) is 0 Å². The lowest BCUT2D eigenvalue weighted by atomic mass is 10.4. The number of carboxylic acid groups (broad SMARTS) is 1. The molecular weight excluding hydrogens is 200 g/mol. The molecule has 0 aromatic heterocycles. The van der Waals surface area contributed by atoms with Crippen LogP contribution in [0.25, 0.3) is 0 Å². The van der Waals surface area contributed by atoms with Crippen molar-refractivity contribution in [1.82, 2.24) is 0 Å². The first-order valence-electron chi connectivity index (χ1n) is 4.79. The fourth-order valence-electron chi connectivity index (χ4n) is 0.659. The van der Waals surface area contributed by atoms with Gasteiger partial charge in [-0.25, -0.2) is 4.79 Å². The summed E-state index contributed by atoms with van der Waals surface area (Å²) in [6.45, 7) is 7.86. The molecule has 86 valence electrons. The third kappa shape index (κ3) is 7.07. The minimum absolute atomic E-state index is 0.176. The second-order valence-corrected chi connectivity index (χ2v) is 3.53. The Hall–Kier alpha value is -0.910. The van der Waals surface area contributed by atoms with Crippen molar-refractivity contribution in [3.63, 3.8) is 0 Å². The van der Waals surface area contributed by atoms with Crippen LogP contribution in [0.3, 0.4) is 0 Å². The van der Waals surface area contributed by atoms with E-state index in [-0.39, 0.29) is 5.57 Å². The molecule has 0 radical (unpaired) electrons. The predicted octanol–water partition coefficient (Wildman–Crippen LogP) is 0.448. The Morgan fingerprint density at radius 3 is 1.93 bits per heavy atom. The summed E-state index contributed by atoms with van der Waals surface area (Å²) in [6.07, 6.45) is 0.785. The number of carbonyl (C=O) groups is 1. The second-order valence-electron chi connectivity index (χ2n) is 3.53. The molecule has 0 aromatic carbocycles. The topological polar surface area (TPSA) is 71.6 Å². The molecule has 2 heterocycles. The molecule has 2 fully saturated rings. The van der Waals surface area contributed by atoms with Crippen LogP contribution in [0.15, 0.2) is 12.2 Å². The molecule has 0 aliphatic carbocycles. The SMILES string of the molecule is C(OCC1CO1)C1CO1.C=C(C)C(=O)O.